The Bertz CT molecular complexity index is 3680. The number of halogens is 2. The molecule has 1 saturated carbocycles. The van der Waals surface area contributed by atoms with Crippen LogP contribution in [0.2, 0.25) is 0 Å². The molecule has 5 fully saturated rings. The van der Waals surface area contributed by atoms with Gasteiger partial charge in [0.25, 0.3) is 21.6 Å². The number of sulfonamides is 1. The first-order valence-corrected chi connectivity index (χ1v) is 31.3. The van der Waals surface area contributed by atoms with Gasteiger partial charge >= 0.3 is 0 Å². The zero-order valence-corrected chi connectivity index (χ0v) is 48.3. The van der Waals surface area contributed by atoms with E-state index < -0.39 is 49.2 Å². The van der Waals surface area contributed by atoms with Gasteiger partial charge in [-0.25, -0.2) is 17.5 Å². The molecule has 14 rings (SSSR count). The number of pyridine rings is 1. The number of rotatable bonds is 12. The summed E-state index contributed by atoms with van der Waals surface area (Å²) in [5, 5.41) is 16.7. The zero-order valence-electron chi connectivity index (χ0n) is 47.5. The molecule has 9 heterocycles. The number of para-hydroxylation sites is 1. The number of piperazine rings is 1. The molecule has 8 aliphatic rings. The summed E-state index contributed by atoms with van der Waals surface area (Å²) in [6.07, 6.45) is 7.86. The third kappa shape index (κ3) is 10.3. The Morgan fingerprint density at radius 1 is 0.871 bits per heavy atom. The summed E-state index contributed by atoms with van der Waals surface area (Å²) in [7, 11) is -4.74. The Hall–Kier alpha value is -7.31. The normalized spacial score (nSPS) is 24.4. The fourth-order valence-corrected chi connectivity index (χ4v) is 15.7. The minimum atomic E-state index is -4.74. The fourth-order valence-electron chi connectivity index (χ4n) is 14.7. The molecular formula is C62H69F2N9O11S. The predicted molar refractivity (Wildman–Crippen MR) is 312 cm³/mol. The van der Waals surface area contributed by atoms with Crippen LogP contribution in [-0.2, 0) is 19.5 Å². The number of aromatic amines is 1. The molecule has 4 saturated heterocycles. The van der Waals surface area contributed by atoms with Gasteiger partial charge in [0, 0.05) is 112 Å². The van der Waals surface area contributed by atoms with Crippen LogP contribution in [0.25, 0.3) is 11.0 Å². The standard InChI is InChI=1S/C62H69F2N9O11S/c1-36(2)83-53-6-4-3-5-42(53)52-33-70(47-15-26-81-58-43(47)9-10-45(63)56(58)64)21-22-71(52)40-31-62(32-40)16-19-69(20-17-62)39-7-8-44(49(28-39)72-48-14-25-80-35-55(48)84-61-51(72)27-38-11-18-65-59(38)67-61)60(74)68-85(77,78)41-29-50(73(75)76)57-54(30-41)82-34-46(66-57)37-12-23-79-24-13-37/h3-11,18,27-30,36-37,40,46-48,52,55,66H,12-17,19-26,31-35H2,1-2H3,(H,65,67)(H,68,74)/t46-,47-,48-,52-,55-/m0/s1. The Kier molecular flexibility index (Phi) is 14.5. The molecule has 3 N–H and O–H groups in total. The van der Waals surface area contributed by atoms with Crippen LogP contribution in [0.1, 0.15) is 98.8 Å². The Morgan fingerprint density at radius 2 is 1.68 bits per heavy atom. The number of nitro benzene ring substituents is 1. The van der Waals surface area contributed by atoms with Crippen molar-refractivity contribution in [3.05, 3.63) is 123 Å². The summed E-state index contributed by atoms with van der Waals surface area (Å²) in [6.45, 7) is 10.1. The minimum Gasteiger partial charge on any atom is -0.491 e. The molecular weight excluding hydrogens is 1120 g/mol. The van der Waals surface area contributed by atoms with E-state index in [0.717, 1.165) is 93.2 Å². The number of benzene rings is 4. The summed E-state index contributed by atoms with van der Waals surface area (Å²) in [4.78, 5) is 43.9. The molecule has 20 nitrogen and oxygen atoms in total. The van der Waals surface area contributed by atoms with Crippen molar-refractivity contribution in [1.82, 2.24) is 24.5 Å². The lowest BCUT2D eigenvalue weighted by Gasteiger charge is -2.59. The van der Waals surface area contributed by atoms with Crippen LogP contribution in [0.15, 0.2) is 90.0 Å². The number of carbonyl (C=O) groups excluding carboxylic acids is 1. The maximum absolute atomic E-state index is 15.1. The van der Waals surface area contributed by atoms with E-state index in [1.165, 1.54) is 12.1 Å². The number of ether oxygens (including phenoxy) is 6. The molecule has 0 radical (unpaired) electrons. The molecule has 2 aromatic heterocycles. The summed E-state index contributed by atoms with van der Waals surface area (Å²) >= 11 is 0. The average Bonchev–Trinajstić information content (AvgIpc) is 2.61. The Labute approximate surface area is 491 Å². The highest BCUT2D eigenvalue weighted by Gasteiger charge is 2.51. The Balaban J connectivity index is 0.739. The molecule has 0 unspecified atom stereocenters. The Morgan fingerprint density at radius 3 is 2.49 bits per heavy atom. The second-order valence-corrected chi connectivity index (χ2v) is 26.0. The lowest BCUT2D eigenvalue weighted by atomic mass is 9.59. The van der Waals surface area contributed by atoms with E-state index in [0.29, 0.717) is 80.3 Å². The number of aromatic nitrogens is 2. The second kappa shape index (κ2) is 22.2. The van der Waals surface area contributed by atoms with Crippen molar-refractivity contribution >= 4 is 55.4 Å². The van der Waals surface area contributed by atoms with Gasteiger partial charge < -0.3 is 48.5 Å². The molecule has 85 heavy (non-hydrogen) atoms. The van der Waals surface area contributed by atoms with E-state index >= 15 is 4.39 Å². The molecule has 23 heteroatoms. The van der Waals surface area contributed by atoms with Gasteiger partial charge in [-0.05, 0) is 113 Å². The highest BCUT2D eigenvalue weighted by molar-refractivity contribution is 7.90. The van der Waals surface area contributed by atoms with E-state index in [1.54, 1.807) is 18.3 Å². The van der Waals surface area contributed by atoms with Crippen molar-refractivity contribution in [2.24, 2.45) is 11.3 Å². The van der Waals surface area contributed by atoms with Crippen LogP contribution in [0.4, 0.5) is 37.2 Å². The molecule has 1 aliphatic carbocycles. The number of nitrogens with one attached hydrogen (secondary N) is 3. The average molecular weight is 1190 g/mol. The first kappa shape index (κ1) is 55.6. The molecule has 1 spiro atoms. The van der Waals surface area contributed by atoms with Crippen molar-refractivity contribution in [2.45, 2.75) is 113 Å². The van der Waals surface area contributed by atoms with Gasteiger partial charge in [0.1, 0.15) is 29.8 Å². The topological polar surface area (TPSA) is 215 Å². The third-order valence-corrected chi connectivity index (χ3v) is 20.4. The fraction of sp³-hybridized carbons (Fsp3) is 0.484. The van der Waals surface area contributed by atoms with Crippen molar-refractivity contribution in [2.75, 3.05) is 87.5 Å². The number of amides is 1. The second-order valence-electron chi connectivity index (χ2n) is 24.3. The van der Waals surface area contributed by atoms with E-state index in [2.05, 4.69) is 46.8 Å². The van der Waals surface area contributed by atoms with Gasteiger partial charge in [0.15, 0.2) is 23.0 Å². The monoisotopic (exact) mass is 1190 g/mol. The number of nitrogens with zero attached hydrogens (tertiary/aromatic N) is 6. The van der Waals surface area contributed by atoms with Crippen LogP contribution >= 0.6 is 0 Å². The van der Waals surface area contributed by atoms with Crippen LogP contribution in [0.3, 0.4) is 0 Å². The van der Waals surface area contributed by atoms with Gasteiger partial charge in [-0.15, -0.1) is 0 Å². The maximum Gasteiger partial charge on any atom is 0.297 e. The number of H-pyrrole nitrogens is 1. The van der Waals surface area contributed by atoms with Gasteiger partial charge in [-0.1, -0.05) is 24.3 Å². The number of fused-ring (bicyclic) bond motifs is 5. The molecule has 0 bridgehead atoms. The van der Waals surface area contributed by atoms with Crippen molar-refractivity contribution < 1.29 is 55.3 Å². The highest BCUT2D eigenvalue weighted by atomic mass is 32.2. The first-order valence-electron chi connectivity index (χ1n) is 29.8. The van der Waals surface area contributed by atoms with Gasteiger partial charge in [-0.3, -0.25) is 24.7 Å². The van der Waals surface area contributed by atoms with Crippen LogP contribution in [-0.4, -0.2) is 142 Å². The SMILES string of the molecule is CC(C)Oc1ccccc1[C@@H]1CN([C@H]2CCOc3c2ccc(F)c3F)CCN1C1CC2(CCN(c3ccc(C(=O)NS(=O)(=O)c4cc5c(c([N+](=O)[O-])c4)N[C@H](C4CCOCC4)CO5)c(N4c5cc6cc[nH]c6nc5O[C@H]5COCC[C@@H]54)c3)CC2)C1. The van der Waals surface area contributed by atoms with Crippen LogP contribution < -0.4 is 38.8 Å². The number of hydrogen-bond donors (Lipinski definition) is 3. The van der Waals surface area contributed by atoms with E-state index in [1.807, 2.05) is 50.2 Å². The summed E-state index contributed by atoms with van der Waals surface area (Å²) in [5.74, 6) is -1.43. The molecule has 1 amide bonds. The minimum absolute atomic E-state index is 0.00760. The van der Waals surface area contributed by atoms with E-state index in [-0.39, 0.29) is 77.6 Å². The number of anilines is 4. The molecule has 5 atom stereocenters. The number of piperidine rings is 1. The third-order valence-electron chi connectivity index (χ3n) is 19.1. The van der Waals surface area contributed by atoms with Gasteiger partial charge in [0.2, 0.25) is 11.7 Å². The largest absolute Gasteiger partial charge is 0.491 e. The summed E-state index contributed by atoms with van der Waals surface area (Å²) in [6, 6.07) is 22.3. The zero-order chi connectivity index (χ0) is 58.3. The van der Waals surface area contributed by atoms with Crippen molar-refractivity contribution in [3.8, 4) is 23.1 Å². The van der Waals surface area contributed by atoms with Gasteiger partial charge in [-0.2, -0.15) is 9.37 Å². The van der Waals surface area contributed by atoms with E-state index in [9.17, 15) is 27.7 Å². The van der Waals surface area contributed by atoms with Crippen LogP contribution in [0.5, 0.6) is 23.1 Å². The lowest BCUT2D eigenvalue weighted by Crippen LogP contribution is -2.60. The van der Waals surface area contributed by atoms with Gasteiger partial charge in [0.05, 0.1) is 58.5 Å². The molecule has 6 aromatic rings. The maximum atomic E-state index is 15.1. The van der Waals surface area contributed by atoms with Crippen molar-refractivity contribution in [1.29, 1.82) is 0 Å². The summed E-state index contributed by atoms with van der Waals surface area (Å²) < 4.78 is 97.1. The smallest absolute Gasteiger partial charge is 0.297 e. The number of carbonyl (C=O) groups is 1. The molecule has 448 valence electrons. The molecule has 4 aromatic carbocycles. The predicted octanol–water partition coefficient (Wildman–Crippen LogP) is 9.57. The molecule has 7 aliphatic heterocycles. The highest BCUT2D eigenvalue weighted by Crippen LogP contribution is 2.55. The number of nitro groups is 1. The van der Waals surface area contributed by atoms with E-state index in [4.69, 9.17) is 33.4 Å². The lowest BCUT2D eigenvalue weighted by molar-refractivity contribution is -0.384. The number of hydrogen-bond acceptors (Lipinski definition) is 17. The van der Waals surface area contributed by atoms with Crippen LogP contribution in [0, 0.1) is 33.1 Å². The van der Waals surface area contributed by atoms with Crippen molar-refractivity contribution in [3.63, 3.8) is 0 Å². The quantitative estimate of drug-likeness (QED) is 0.0768. The first-order chi connectivity index (χ1) is 41.2. The summed E-state index contributed by atoms with van der Waals surface area (Å²) in [5.41, 5.74) is 4.09.